The number of ether oxygens (including phenoxy) is 1. The smallest absolute Gasteiger partial charge is 0.411 e. The van der Waals surface area contributed by atoms with E-state index >= 15 is 0 Å². The number of nitrogens with zero attached hydrogens (tertiary/aromatic N) is 2. The number of nitro benzene ring substituents is 1. The van der Waals surface area contributed by atoms with Crippen LogP contribution in [-0.4, -0.2) is 28.1 Å². The standard InChI is InChI=1S/C18H20N2O4S/c1-18(2,3)24-17(21)19-10-8-15-14(9-11-25-15)16(19)12-4-6-13(7-5-12)20(22)23/h4-7,9,11,16H,8,10H2,1-3H3/t16-/m0/s1. The van der Waals surface area contributed by atoms with Crippen LogP contribution in [0.4, 0.5) is 10.5 Å². The van der Waals surface area contributed by atoms with Crippen LogP contribution in [0.5, 0.6) is 0 Å². The van der Waals surface area contributed by atoms with Gasteiger partial charge < -0.3 is 4.74 Å². The molecule has 1 aromatic carbocycles. The monoisotopic (exact) mass is 360 g/mol. The molecule has 1 atom stereocenters. The van der Waals surface area contributed by atoms with E-state index < -0.39 is 10.5 Å². The van der Waals surface area contributed by atoms with E-state index in [0.717, 1.165) is 17.5 Å². The van der Waals surface area contributed by atoms with E-state index in [2.05, 4.69) is 0 Å². The Kier molecular flexibility index (Phi) is 4.51. The average Bonchev–Trinajstić information content (AvgIpc) is 3.00. The van der Waals surface area contributed by atoms with Crippen molar-refractivity contribution in [2.75, 3.05) is 6.54 Å². The summed E-state index contributed by atoms with van der Waals surface area (Å²) in [5, 5.41) is 12.9. The molecule has 132 valence electrons. The summed E-state index contributed by atoms with van der Waals surface area (Å²) in [4.78, 5) is 26.1. The third-order valence-electron chi connectivity index (χ3n) is 4.01. The Bertz CT molecular complexity index is 792. The molecule has 0 unspecified atom stereocenters. The molecule has 0 saturated heterocycles. The fraction of sp³-hybridized carbons (Fsp3) is 0.389. The quantitative estimate of drug-likeness (QED) is 0.582. The number of benzene rings is 1. The fourth-order valence-electron chi connectivity index (χ4n) is 2.97. The van der Waals surface area contributed by atoms with Gasteiger partial charge >= 0.3 is 6.09 Å². The van der Waals surface area contributed by atoms with Crippen LogP contribution < -0.4 is 0 Å². The Morgan fingerprint density at radius 2 is 1.96 bits per heavy atom. The third kappa shape index (κ3) is 3.66. The van der Waals surface area contributed by atoms with Crippen LogP contribution >= 0.6 is 11.3 Å². The Hall–Kier alpha value is -2.41. The first-order chi connectivity index (χ1) is 11.8. The molecule has 25 heavy (non-hydrogen) atoms. The molecule has 7 heteroatoms. The van der Waals surface area contributed by atoms with E-state index in [9.17, 15) is 14.9 Å². The molecule has 3 rings (SSSR count). The van der Waals surface area contributed by atoms with Gasteiger partial charge in [-0.1, -0.05) is 0 Å². The predicted molar refractivity (Wildman–Crippen MR) is 95.9 cm³/mol. The van der Waals surface area contributed by atoms with Gasteiger partial charge in [-0.15, -0.1) is 11.3 Å². The lowest BCUT2D eigenvalue weighted by Crippen LogP contribution is -2.43. The highest BCUT2D eigenvalue weighted by atomic mass is 32.1. The van der Waals surface area contributed by atoms with Gasteiger partial charge in [0.25, 0.3) is 5.69 Å². The van der Waals surface area contributed by atoms with Crippen molar-refractivity contribution in [3.8, 4) is 0 Å². The normalized spacial score (nSPS) is 17.1. The second kappa shape index (κ2) is 6.48. The number of carbonyl (C=O) groups is 1. The van der Waals surface area contributed by atoms with Crippen molar-refractivity contribution in [3.05, 3.63) is 61.8 Å². The highest BCUT2D eigenvalue weighted by Crippen LogP contribution is 2.38. The number of non-ortho nitro benzene ring substituents is 1. The fourth-order valence-corrected chi connectivity index (χ4v) is 3.88. The summed E-state index contributed by atoms with van der Waals surface area (Å²) in [6, 6.07) is 8.11. The second-order valence-electron chi connectivity index (χ2n) is 6.97. The SMILES string of the molecule is CC(C)(C)OC(=O)N1CCc2sccc2[C@@H]1c1ccc([N+](=O)[O-])cc1. The molecular formula is C18H20N2O4S. The number of carbonyl (C=O) groups excluding carboxylic acids is 1. The molecule has 1 amide bonds. The zero-order valence-electron chi connectivity index (χ0n) is 14.4. The van der Waals surface area contributed by atoms with Crippen LogP contribution in [0.1, 0.15) is 42.8 Å². The molecular weight excluding hydrogens is 340 g/mol. The van der Waals surface area contributed by atoms with Crippen molar-refractivity contribution >= 4 is 23.1 Å². The van der Waals surface area contributed by atoms with Crippen LogP contribution in [0, 0.1) is 10.1 Å². The minimum Gasteiger partial charge on any atom is -0.444 e. The van der Waals surface area contributed by atoms with Crippen LogP contribution in [-0.2, 0) is 11.2 Å². The largest absolute Gasteiger partial charge is 0.444 e. The van der Waals surface area contributed by atoms with E-state index in [0.29, 0.717) is 6.54 Å². The summed E-state index contributed by atoms with van der Waals surface area (Å²) in [5.74, 6) is 0. The molecule has 0 radical (unpaired) electrons. The maximum atomic E-state index is 12.7. The number of thiophene rings is 1. The number of hydrogen-bond acceptors (Lipinski definition) is 5. The zero-order valence-corrected chi connectivity index (χ0v) is 15.2. The van der Waals surface area contributed by atoms with Gasteiger partial charge in [0.2, 0.25) is 0 Å². The summed E-state index contributed by atoms with van der Waals surface area (Å²) in [5.41, 5.74) is 1.37. The van der Waals surface area contributed by atoms with Crippen LogP contribution in [0.15, 0.2) is 35.7 Å². The lowest BCUT2D eigenvalue weighted by molar-refractivity contribution is -0.384. The zero-order chi connectivity index (χ0) is 18.2. The Labute approximate surface area is 150 Å². The van der Waals surface area contributed by atoms with E-state index in [1.165, 1.54) is 17.0 Å². The minimum atomic E-state index is -0.577. The van der Waals surface area contributed by atoms with Crippen LogP contribution in [0.2, 0.25) is 0 Å². The average molecular weight is 360 g/mol. The first-order valence-corrected chi connectivity index (χ1v) is 8.94. The predicted octanol–water partition coefficient (Wildman–Crippen LogP) is 4.54. The van der Waals surface area contributed by atoms with Gasteiger partial charge in [0, 0.05) is 23.6 Å². The van der Waals surface area contributed by atoms with Gasteiger partial charge in [-0.05, 0) is 61.9 Å². The molecule has 2 aromatic rings. The maximum Gasteiger partial charge on any atom is 0.411 e. The van der Waals surface area contributed by atoms with E-state index in [1.54, 1.807) is 28.4 Å². The van der Waals surface area contributed by atoms with Gasteiger partial charge in [0.15, 0.2) is 0 Å². The molecule has 0 bridgehead atoms. The van der Waals surface area contributed by atoms with Gasteiger partial charge in [-0.3, -0.25) is 15.0 Å². The third-order valence-corrected chi connectivity index (χ3v) is 5.01. The molecule has 0 aliphatic carbocycles. The van der Waals surface area contributed by atoms with Crippen molar-refractivity contribution < 1.29 is 14.5 Å². The summed E-state index contributed by atoms with van der Waals surface area (Å²) < 4.78 is 5.56. The van der Waals surface area contributed by atoms with Crippen molar-refractivity contribution in [3.63, 3.8) is 0 Å². The highest BCUT2D eigenvalue weighted by Gasteiger charge is 2.35. The maximum absolute atomic E-state index is 12.7. The molecule has 0 fully saturated rings. The minimum absolute atomic E-state index is 0.0360. The number of fused-ring (bicyclic) bond motifs is 1. The van der Waals surface area contributed by atoms with Crippen molar-refractivity contribution in [1.82, 2.24) is 4.90 Å². The molecule has 1 aliphatic heterocycles. The summed E-state index contributed by atoms with van der Waals surface area (Å²) in [6.45, 7) is 6.08. The van der Waals surface area contributed by atoms with Crippen molar-refractivity contribution in [2.45, 2.75) is 38.8 Å². The number of amides is 1. The van der Waals surface area contributed by atoms with Crippen LogP contribution in [0.25, 0.3) is 0 Å². The Morgan fingerprint density at radius 1 is 1.28 bits per heavy atom. The lowest BCUT2D eigenvalue weighted by Gasteiger charge is -2.37. The molecule has 0 saturated carbocycles. The van der Waals surface area contributed by atoms with E-state index in [-0.39, 0.29) is 17.8 Å². The molecule has 1 aliphatic rings. The van der Waals surface area contributed by atoms with Gasteiger partial charge in [0.05, 0.1) is 11.0 Å². The summed E-state index contributed by atoms with van der Waals surface area (Å²) >= 11 is 1.67. The highest BCUT2D eigenvalue weighted by molar-refractivity contribution is 7.10. The Balaban J connectivity index is 1.98. The number of nitro groups is 1. The molecule has 0 N–H and O–H groups in total. The molecule has 1 aromatic heterocycles. The molecule has 2 heterocycles. The van der Waals surface area contributed by atoms with Gasteiger partial charge in [-0.25, -0.2) is 4.79 Å². The number of rotatable bonds is 2. The Morgan fingerprint density at radius 3 is 2.56 bits per heavy atom. The molecule has 6 nitrogen and oxygen atoms in total. The van der Waals surface area contributed by atoms with E-state index in [1.807, 2.05) is 32.2 Å². The number of hydrogen-bond donors (Lipinski definition) is 0. The van der Waals surface area contributed by atoms with Crippen molar-refractivity contribution in [2.24, 2.45) is 0 Å². The first-order valence-electron chi connectivity index (χ1n) is 8.06. The van der Waals surface area contributed by atoms with Crippen LogP contribution in [0.3, 0.4) is 0 Å². The molecule has 0 spiro atoms. The summed E-state index contributed by atoms with van der Waals surface area (Å²) in [7, 11) is 0. The van der Waals surface area contributed by atoms with E-state index in [4.69, 9.17) is 4.74 Å². The van der Waals surface area contributed by atoms with Crippen molar-refractivity contribution in [1.29, 1.82) is 0 Å². The lowest BCUT2D eigenvalue weighted by atomic mass is 9.93. The van der Waals surface area contributed by atoms with Gasteiger partial charge in [-0.2, -0.15) is 0 Å². The first kappa shape index (κ1) is 17.4. The summed E-state index contributed by atoms with van der Waals surface area (Å²) in [6.07, 6.45) is 0.420. The topological polar surface area (TPSA) is 72.7 Å². The second-order valence-corrected chi connectivity index (χ2v) is 7.97. The van der Waals surface area contributed by atoms with Gasteiger partial charge in [0.1, 0.15) is 5.60 Å².